The van der Waals surface area contributed by atoms with Crippen LogP contribution in [0.3, 0.4) is 0 Å². The predicted molar refractivity (Wildman–Crippen MR) is 377 cm³/mol. The first-order chi connectivity index (χ1) is 42.2. The van der Waals surface area contributed by atoms with Crippen molar-refractivity contribution in [3.05, 3.63) is 206 Å². The summed E-state index contributed by atoms with van der Waals surface area (Å²) < 4.78 is 15.8. The highest BCUT2D eigenvalue weighted by atomic mass is 79.9. The smallest absolute Gasteiger partial charge is 0.136 e. The normalized spacial score (nSPS) is 11.4. The average molecular weight is 1290 g/mol. The lowest BCUT2D eigenvalue weighted by atomic mass is 9.89. The van der Waals surface area contributed by atoms with Crippen molar-refractivity contribution < 1.29 is 9.47 Å². The average Bonchev–Trinajstić information content (AvgIpc) is 1.10. The first-order valence-corrected chi connectivity index (χ1v) is 32.4. The van der Waals surface area contributed by atoms with E-state index in [9.17, 15) is 0 Å². The molecule has 0 aliphatic carbocycles. The van der Waals surface area contributed by atoms with Gasteiger partial charge in [-0.05, 0) is 201 Å². The van der Waals surface area contributed by atoms with Gasteiger partial charge in [0.2, 0.25) is 0 Å². The second-order valence-corrected chi connectivity index (χ2v) is 25.8. The van der Waals surface area contributed by atoms with Crippen molar-refractivity contribution in [1.29, 1.82) is 0 Å². The van der Waals surface area contributed by atoms with E-state index in [1.807, 2.05) is 12.1 Å². The number of nitrogens with zero attached hydrogens (tertiary/aromatic N) is 4. The van der Waals surface area contributed by atoms with E-state index in [4.69, 9.17) is 29.4 Å². The van der Waals surface area contributed by atoms with E-state index < -0.39 is 0 Å². The second-order valence-electron chi connectivity index (χ2n) is 24.3. The summed E-state index contributed by atoms with van der Waals surface area (Å²) in [6, 6.07) is 34.6. The van der Waals surface area contributed by atoms with Gasteiger partial charge in [-0.1, -0.05) is 154 Å². The maximum atomic E-state index is 6.77. The molecule has 6 nitrogen and oxygen atoms in total. The Labute approximate surface area is 537 Å². The number of hydrogen-bond donors (Lipinski definition) is 0. The molecule has 442 valence electrons. The van der Waals surface area contributed by atoms with Gasteiger partial charge in [-0.2, -0.15) is 0 Å². The summed E-state index contributed by atoms with van der Waals surface area (Å²) in [5.74, 6) is 16.0. The minimum Gasteiger partial charge on any atom is -0.492 e. The molecule has 0 N–H and O–H groups in total. The third kappa shape index (κ3) is 11.5. The molecule has 0 saturated carbocycles. The van der Waals surface area contributed by atoms with Crippen molar-refractivity contribution in [3.8, 4) is 80.2 Å². The monoisotopic (exact) mass is 1280 g/mol. The summed E-state index contributed by atoms with van der Waals surface area (Å²) in [6.07, 6.45) is 3.70. The molecule has 11 rings (SSSR count). The zero-order valence-corrected chi connectivity index (χ0v) is 57.0. The fourth-order valence-electron chi connectivity index (χ4n) is 12.8. The van der Waals surface area contributed by atoms with Crippen LogP contribution >= 0.6 is 31.9 Å². The molecule has 0 saturated heterocycles. The van der Waals surface area contributed by atoms with E-state index >= 15 is 0 Å². The number of pyridine rings is 4. The molecular formula is C80H76Br2N4O2. The van der Waals surface area contributed by atoms with Crippen LogP contribution in [0.15, 0.2) is 106 Å². The molecule has 0 fully saturated rings. The Bertz CT molecular complexity index is 4450. The largest absolute Gasteiger partial charge is 0.492 e. The summed E-state index contributed by atoms with van der Waals surface area (Å²) in [5.41, 5.74) is 30.9. The van der Waals surface area contributed by atoms with Crippen LogP contribution < -0.4 is 9.47 Å². The van der Waals surface area contributed by atoms with Crippen molar-refractivity contribution in [2.45, 2.75) is 136 Å². The number of ether oxygens (including phenoxy) is 2. The summed E-state index contributed by atoms with van der Waals surface area (Å²) in [5, 5.41) is 3.97. The van der Waals surface area contributed by atoms with E-state index in [0.717, 1.165) is 157 Å². The maximum absolute atomic E-state index is 6.77. The molecule has 4 aromatic heterocycles. The number of rotatable bonds is 12. The lowest BCUT2D eigenvalue weighted by molar-refractivity contribution is 0.299. The molecule has 0 bridgehead atoms. The van der Waals surface area contributed by atoms with Crippen LogP contribution in [0.5, 0.6) is 11.5 Å². The first kappa shape index (κ1) is 61.5. The van der Waals surface area contributed by atoms with Crippen LogP contribution in [0, 0.1) is 121 Å². The van der Waals surface area contributed by atoms with Gasteiger partial charge in [-0.15, -0.1) is 0 Å². The van der Waals surface area contributed by atoms with E-state index in [1.54, 1.807) is 0 Å². The molecule has 0 unspecified atom stereocenters. The number of hydrogen-bond acceptors (Lipinski definition) is 6. The molecule has 7 aromatic carbocycles. The lowest BCUT2D eigenvalue weighted by Gasteiger charge is -2.19. The van der Waals surface area contributed by atoms with Crippen molar-refractivity contribution in [2.24, 2.45) is 0 Å². The Kier molecular flexibility index (Phi) is 17.6. The summed E-state index contributed by atoms with van der Waals surface area (Å²) in [7, 11) is 0. The van der Waals surface area contributed by atoms with E-state index in [0.29, 0.717) is 35.8 Å². The Balaban J connectivity index is 1.12. The highest BCUT2D eigenvalue weighted by Crippen LogP contribution is 2.43. The van der Waals surface area contributed by atoms with Gasteiger partial charge in [0.05, 0.1) is 80.3 Å². The van der Waals surface area contributed by atoms with Gasteiger partial charge >= 0.3 is 0 Å². The Hall–Kier alpha value is -8.14. The molecule has 0 radical (unpaired) electrons. The van der Waals surface area contributed by atoms with Crippen LogP contribution in [-0.2, 0) is 0 Å². The number of aromatic nitrogens is 4. The summed E-state index contributed by atoms with van der Waals surface area (Å²) in [4.78, 5) is 22.2. The first-order valence-electron chi connectivity index (χ1n) is 30.8. The molecule has 0 aliphatic rings. The molecule has 4 heterocycles. The lowest BCUT2D eigenvalue weighted by Crippen LogP contribution is -2.04. The zero-order valence-electron chi connectivity index (χ0n) is 53.8. The quantitative estimate of drug-likeness (QED) is 0.0690. The second kappa shape index (κ2) is 25.2. The number of unbranched alkanes of at least 4 members (excludes halogenated alkanes) is 2. The maximum Gasteiger partial charge on any atom is 0.136 e. The van der Waals surface area contributed by atoms with Gasteiger partial charge in [-0.25, -0.2) is 19.9 Å². The van der Waals surface area contributed by atoms with Gasteiger partial charge in [-0.3, -0.25) is 0 Å². The number of fused-ring (bicyclic) bond motifs is 6. The Morgan fingerprint density at radius 3 is 0.989 bits per heavy atom. The fourth-order valence-corrected chi connectivity index (χ4v) is 14.0. The van der Waals surface area contributed by atoms with Crippen LogP contribution in [0.4, 0.5) is 0 Å². The molecule has 11 aromatic rings. The summed E-state index contributed by atoms with van der Waals surface area (Å²) >= 11 is 7.87. The third-order valence-corrected chi connectivity index (χ3v) is 20.3. The predicted octanol–water partition coefficient (Wildman–Crippen LogP) is 21.5. The minimum atomic E-state index is 0.517. The van der Waals surface area contributed by atoms with Crippen molar-refractivity contribution >= 4 is 75.5 Å². The van der Waals surface area contributed by atoms with Crippen molar-refractivity contribution in [3.63, 3.8) is 0 Å². The Morgan fingerprint density at radius 2 is 0.648 bits per heavy atom. The van der Waals surface area contributed by atoms with Crippen LogP contribution in [0.1, 0.15) is 140 Å². The van der Waals surface area contributed by atoms with Crippen LogP contribution in [-0.4, -0.2) is 33.1 Å². The number of halogens is 2. The molecule has 0 amide bonds. The molecule has 0 atom stereocenters. The van der Waals surface area contributed by atoms with Gasteiger partial charge in [0, 0.05) is 64.9 Å². The molecular weight excluding hydrogens is 1210 g/mol. The SMILES string of the molecule is CCCCOc1cc(C#Cc2cc3ccc4ccc(-c5c(C)cc(C)cc5C)nc4c3nc2-c2c(C)c(C)c(Br)c(C)c2C)c(OCCCC)cc1C#Cc1cc2ccc3ccc(-c4c(C)cc(C)cc4C)nc3c2nc1-c1c(C)c(C)c(Br)c(C)c1C. The molecule has 0 aliphatic heterocycles. The number of aryl methyl sites for hydroxylation is 6. The van der Waals surface area contributed by atoms with Gasteiger partial charge in [0.1, 0.15) is 11.5 Å². The van der Waals surface area contributed by atoms with Crippen molar-refractivity contribution in [1.82, 2.24) is 19.9 Å². The van der Waals surface area contributed by atoms with Crippen LogP contribution in [0.25, 0.3) is 88.6 Å². The highest BCUT2D eigenvalue weighted by molar-refractivity contribution is 9.11. The standard InChI is InChI=1S/C80H76Br2N4O2/c1-17-19-33-87-67-41-60(24-28-62-40-64-26-22-58-30-32-66(70-47(7)37-44(4)38-48(70)8)84-78(58)80(64)86-76(62)72-51(11)55(15)74(82)56(16)52(72)12)68(88-34-20-18-2)42-59(67)23-27-61-39-63-25-21-57-29-31-65(69-45(5)35-43(3)36-46(69)6)83-77(57)79(63)85-75(61)71-49(9)53(13)73(81)54(14)50(71)10/h21-22,25-26,29-32,35-42H,17-20,33-34H2,1-16H3. The molecule has 0 spiro atoms. The fraction of sp³-hybridized carbons (Fsp3) is 0.275. The molecule has 88 heavy (non-hydrogen) atoms. The molecule has 8 heteroatoms. The van der Waals surface area contributed by atoms with Crippen LogP contribution in [0.2, 0.25) is 0 Å². The van der Waals surface area contributed by atoms with Gasteiger partial charge in [0.15, 0.2) is 0 Å². The minimum absolute atomic E-state index is 0.517. The van der Waals surface area contributed by atoms with E-state index in [-0.39, 0.29) is 0 Å². The third-order valence-electron chi connectivity index (χ3n) is 18.0. The van der Waals surface area contributed by atoms with E-state index in [1.165, 1.54) is 55.6 Å². The van der Waals surface area contributed by atoms with E-state index in [2.05, 4.69) is 251 Å². The topological polar surface area (TPSA) is 70.0 Å². The highest BCUT2D eigenvalue weighted by Gasteiger charge is 2.24. The number of benzene rings is 7. The van der Waals surface area contributed by atoms with Crippen molar-refractivity contribution in [2.75, 3.05) is 13.2 Å². The zero-order chi connectivity index (χ0) is 62.6. The Morgan fingerprint density at radius 1 is 0.341 bits per heavy atom. The summed E-state index contributed by atoms with van der Waals surface area (Å²) in [6.45, 7) is 35.8. The van der Waals surface area contributed by atoms with Gasteiger partial charge < -0.3 is 9.47 Å². The van der Waals surface area contributed by atoms with Gasteiger partial charge in [0.25, 0.3) is 0 Å².